The van der Waals surface area contributed by atoms with E-state index in [0.717, 1.165) is 14.5 Å². The van der Waals surface area contributed by atoms with Gasteiger partial charge < -0.3 is 13.9 Å². The Hall–Kier alpha value is -4.24. The number of rotatable bonds is 6. The number of benzene rings is 4. The second-order valence-corrected chi connectivity index (χ2v) is 9.24. The van der Waals surface area contributed by atoms with Gasteiger partial charge in [-0.25, -0.2) is 9.59 Å². The second kappa shape index (κ2) is 10.8. The van der Waals surface area contributed by atoms with Crippen LogP contribution in [0.25, 0.3) is 22.1 Å². The van der Waals surface area contributed by atoms with Crippen LogP contribution in [0.2, 0.25) is 0 Å². The number of hydrogen-bond acceptors (Lipinski definition) is 6. The summed E-state index contributed by atoms with van der Waals surface area (Å²) in [5.74, 6) is 0.264. The van der Waals surface area contributed by atoms with Gasteiger partial charge in [0.25, 0.3) is 0 Å². The van der Waals surface area contributed by atoms with Gasteiger partial charge >= 0.3 is 11.6 Å². The predicted octanol–water partition coefficient (Wildman–Crippen LogP) is 7.04. The molecule has 0 N–H and O–H groups in total. The number of hydrogen-bond donors (Lipinski definition) is 0. The lowest BCUT2D eigenvalue weighted by Gasteiger charge is -2.10. The Bertz CT molecular complexity index is 1710. The molecule has 0 aliphatic heterocycles. The number of nitrogens with zero attached hydrogens (tertiary/aromatic N) is 1. The Morgan fingerprint density at radius 1 is 0.892 bits per heavy atom. The number of methoxy groups -OCH3 is 1. The molecule has 0 bridgehead atoms. The zero-order valence-electron chi connectivity index (χ0n) is 19.7. The van der Waals surface area contributed by atoms with Crippen molar-refractivity contribution in [3.63, 3.8) is 0 Å². The van der Waals surface area contributed by atoms with Crippen LogP contribution in [0.4, 0.5) is 5.69 Å². The van der Waals surface area contributed by atoms with Crippen molar-refractivity contribution in [3.05, 3.63) is 122 Å². The molecular formula is C30H20INO5. The van der Waals surface area contributed by atoms with Gasteiger partial charge in [0.15, 0.2) is 11.5 Å². The highest BCUT2D eigenvalue weighted by Gasteiger charge is 2.15. The number of fused-ring (bicyclic) bond motifs is 1. The fraction of sp³-hybridized carbons (Fsp3) is 0.0333. The van der Waals surface area contributed by atoms with E-state index in [2.05, 4.69) is 27.6 Å². The smallest absolute Gasteiger partial charge is 0.344 e. The topological polar surface area (TPSA) is 78.1 Å². The molecule has 0 aliphatic carbocycles. The van der Waals surface area contributed by atoms with E-state index in [9.17, 15) is 9.59 Å². The molecule has 0 unspecified atom stereocenters. The maximum atomic E-state index is 12.6. The van der Waals surface area contributed by atoms with Crippen molar-refractivity contribution in [2.45, 2.75) is 0 Å². The Balaban J connectivity index is 1.38. The molecule has 1 aromatic heterocycles. The number of carbonyl (C=O) groups excluding carboxylic acids is 1. The van der Waals surface area contributed by atoms with Gasteiger partial charge in [-0.3, -0.25) is 4.99 Å². The predicted molar refractivity (Wildman–Crippen MR) is 152 cm³/mol. The van der Waals surface area contributed by atoms with Crippen molar-refractivity contribution < 1.29 is 18.7 Å². The number of para-hydroxylation sites is 1. The van der Waals surface area contributed by atoms with E-state index in [-0.39, 0.29) is 0 Å². The van der Waals surface area contributed by atoms with Crippen LogP contribution in [-0.4, -0.2) is 19.3 Å². The van der Waals surface area contributed by atoms with Crippen LogP contribution >= 0.6 is 22.6 Å². The first-order valence-electron chi connectivity index (χ1n) is 11.3. The lowest BCUT2D eigenvalue weighted by molar-refractivity contribution is 0.0728. The van der Waals surface area contributed by atoms with Crippen LogP contribution in [-0.2, 0) is 0 Å². The molecule has 0 aliphatic rings. The van der Waals surface area contributed by atoms with Gasteiger partial charge in [0.2, 0.25) is 0 Å². The van der Waals surface area contributed by atoms with Crippen molar-refractivity contribution >= 4 is 51.4 Å². The summed E-state index contributed by atoms with van der Waals surface area (Å²) in [6.45, 7) is 0. The van der Waals surface area contributed by atoms with E-state index in [1.807, 2.05) is 60.7 Å². The third-order valence-electron chi connectivity index (χ3n) is 5.65. The van der Waals surface area contributed by atoms with Crippen molar-refractivity contribution in [1.82, 2.24) is 0 Å². The first kappa shape index (κ1) is 24.5. The average Bonchev–Trinajstić information content (AvgIpc) is 2.92. The number of esters is 1. The average molecular weight is 601 g/mol. The lowest BCUT2D eigenvalue weighted by Crippen LogP contribution is -2.11. The molecule has 0 spiro atoms. The maximum Gasteiger partial charge on any atom is 0.344 e. The quantitative estimate of drug-likeness (QED) is 0.0686. The summed E-state index contributed by atoms with van der Waals surface area (Å²) >= 11 is 2.10. The Labute approximate surface area is 226 Å². The highest BCUT2D eigenvalue weighted by Crippen LogP contribution is 2.30. The maximum absolute atomic E-state index is 12.6. The molecule has 6 nitrogen and oxygen atoms in total. The van der Waals surface area contributed by atoms with E-state index in [1.165, 1.54) is 7.11 Å². The molecule has 4 aromatic carbocycles. The number of carbonyl (C=O) groups is 1. The molecule has 0 saturated carbocycles. The highest BCUT2D eigenvalue weighted by molar-refractivity contribution is 14.1. The van der Waals surface area contributed by atoms with E-state index in [4.69, 9.17) is 13.9 Å². The highest BCUT2D eigenvalue weighted by atomic mass is 127. The summed E-state index contributed by atoms with van der Waals surface area (Å²) < 4.78 is 17.3. The van der Waals surface area contributed by atoms with Crippen LogP contribution in [0.5, 0.6) is 11.5 Å². The second-order valence-electron chi connectivity index (χ2n) is 8.07. The summed E-state index contributed by atoms with van der Waals surface area (Å²) in [5.41, 5.74) is 3.23. The lowest BCUT2D eigenvalue weighted by atomic mass is 10.1. The molecule has 7 heteroatoms. The van der Waals surface area contributed by atoms with Gasteiger partial charge in [0.05, 0.1) is 23.9 Å². The normalized spacial score (nSPS) is 11.1. The molecule has 0 saturated heterocycles. The summed E-state index contributed by atoms with van der Waals surface area (Å²) in [6, 6.07) is 29.0. The zero-order valence-corrected chi connectivity index (χ0v) is 21.8. The molecule has 1 heterocycles. The molecule has 0 amide bonds. The monoisotopic (exact) mass is 601 g/mol. The minimum absolute atomic E-state index is 0.314. The zero-order chi connectivity index (χ0) is 25.8. The van der Waals surface area contributed by atoms with Gasteiger partial charge in [-0.2, -0.15) is 0 Å². The van der Waals surface area contributed by atoms with Crippen molar-refractivity contribution in [3.8, 4) is 22.6 Å². The molecular weight excluding hydrogens is 581 g/mol. The van der Waals surface area contributed by atoms with Crippen molar-refractivity contribution in [2.24, 2.45) is 4.99 Å². The summed E-state index contributed by atoms with van der Waals surface area (Å²) in [7, 11) is 1.51. The Kier molecular flexibility index (Phi) is 7.14. The number of halogens is 1. The van der Waals surface area contributed by atoms with Gasteiger partial charge in [-0.05, 0) is 88.3 Å². The van der Waals surface area contributed by atoms with Crippen LogP contribution < -0.4 is 15.1 Å². The van der Waals surface area contributed by atoms with Gasteiger partial charge in [-0.1, -0.05) is 42.5 Å². The van der Waals surface area contributed by atoms with Gasteiger partial charge in [-0.15, -0.1) is 0 Å². The van der Waals surface area contributed by atoms with Crippen LogP contribution in [0.1, 0.15) is 15.9 Å². The Morgan fingerprint density at radius 2 is 1.70 bits per heavy atom. The molecule has 5 rings (SSSR count). The van der Waals surface area contributed by atoms with E-state index in [0.29, 0.717) is 39.5 Å². The summed E-state index contributed by atoms with van der Waals surface area (Å²) in [4.78, 5) is 29.7. The van der Waals surface area contributed by atoms with Crippen molar-refractivity contribution in [2.75, 3.05) is 7.11 Å². The molecule has 37 heavy (non-hydrogen) atoms. The van der Waals surface area contributed by atoms with Crippen LogP contribution in [0.15, 0.2) is 111 Å². The van der Waals surface area contributed by atoms with Gasteiger partial charge in [0.1, 0.15) is 5.58 Å². The molecule has 0 fully saturated rings. The third-order valence-corrected chi connectivity index (χ3v) is 6.59. The molecule has 5 aromatic rings. The minimum atomic E-state index is -0.459. The first-order chi connectivity index (χ1) is 18.0. The summed E-state index contributed by atoms with van der Waals surface area (Å²) in [6.07, 6.45) is 1.68. The fourth-order valence-electron chi connectivity index (χ4n) is 3.80. The standard InChI is InChI=1S/C30H20INO5/c1-35-28-15-19(13-14-27(28)37-29(33)23-10-3-4-11-25(23)31)18-32-22-9-6-8-20(16-22)24-17-21-7-2-5-12-26(21)36-30(24)34/h2-18H,1H3. The first-order valence-corrected chi connectivity index (χ1v) is 12.4. The van der Waals surface area contributed by atoms with E-state index in [1.54, 1.807) is 42.6 Å². The van der Waals surface area contributed by atoms with Gasteiger partial charge in [0, 0.05) is 15.2 Å². The SMILES string of the molecule is COc1cc(C=Nc2cccc(-c3cc4ccccc4oc3=O)c2)ccc1OC(=O)c1ccccc1I. The molecule has 182 valence electrons. The Morgan fingerprint density at radius 3 is 2.54 bits per heavy atom. The van der Waals surface area contributed by atoms with Crippen LogP contribution in [0.3, 0.4) is 0 Å². The third kappa shape index (κ3) is 5.46. The van der Waals surface area contributed by atoms with Crippen molar-refractivity contribution in [1.29, 1.82) is 0 Å². The minimum Gasteiger partial charge on any atom is -0.493 e. The van der Waals surface area contributed by atoms with E-state index >= 15 is 0 Å². The molecule has 0 atom stereocenters. The molecule has 0 radical (unpaired) electrons. The van der Waals surface area contributed by atoms with Crippen LogP contribution in [0, 0.1) is 3.57 Å². The van der Waals surface area contributed by atoms with E-state index < -0.39 is 11.6 Å². The number of ether oxygens (including phenoxy) is 2. The largest absolute Gasteiger partial charge is 0.493 e. The number of aliphatic imine (C=N–C) groups is 1. The summed E-state index contributed by atoms with van der Waals surface area (Å²) in [5, 5.41) is 0.848. The fourth-order valence-corrected chi connectivity index (χ4v) is 4.40.